The van der Waals surface area contributed by atoms with E-state index in [1.54, 1.807) is 0 Å². The summed E-state index contributed by atoms with van der Waals surface area (Å²) in [5.74, 6) is 0. The lowest BCUT2D eigenvalue weighted by molar-refractivity contribution is 0.796. The first-order chi connectivity index (χ1) is 8.79. The molecule has 0 saturated carbocycles. The summed E-state index contributed by atoms with van der Waals surface area (Å²) in [5.41, 5.74) is 3.96. The number of benzene rings is 2. The number of unbranched alkanes of at least 4 members (excludes halogenated alkanes) is 1. The molecule has 1 aromatic heterocycles. The molecule has 0 unspecified atom stereocenters. The predicted octanol–water partition coefficient (Wildman–Crippen LogP) is 5.27. The van der Waals surface area contributed by atoms with Gasteiger partial charge in [-0.25, -0.2) is 0 Å². The van der Waals surface area contributed by atoms with Gasteiger partial charge in [0.1, 0.15) is 0 Å². The summed E-state index contributed by atoms with van der Waals surface area (Å²) in [6.07, 6.45) is 3.71. The van der Waals surface area contributed by atoms with E-state index < -0.39 is 0 Å². The van der Waals surface area contributed by atoms with E-state index in [4.69, 9.17) is 0 Å². The maximum absolute atomic E-state index is 3.52. The zero-order chi connectivity index (χ0) is 12.5. The van der Waals surface area contributed by atoms with Crippen LogP contribution in [0.15, 0.2) is 36.4 Å². The number of nitrogens with one attached hydrogen (secondary N) is 1. The molecule has 0 radical (unpaired) electrons. The minimum Gasteiger partial charge on any atom is -0.354 e. The molecule has 2 aromatic carbocycles. The molecule has 0 saturated heterocycles. The Kier molecular flexibility index (Phi) is 3.29. The van der Waals surface area contributed by atoms with Crippen LogP contribution >= 0.6 is 22.6 Å². The number of aromatic nitrogens is 1. The number of aromatic amines is 1. The zero-order valence-electron chi connectivity index (χ0n) is 10.5. The molecule has 1 heterocycles. The summed E-state index contributed by atoms with van der Waals surface area (Å²) < 4.78 is 1.29. The van der Waals surface area contributed by atoms with Gasteiger partial charge in [0, 0.05) is 19.9 Å². The molecule has 3 rings (SSSR count). The van der Waals surface area contributed by atoms with Crippen molar-refractivity contribution in [2.24, 2.45) is 0 Å². The van der Waals surface area contributed by atoms with Crippen LogP contribution in [0.4, 0.5) is 0 Å². The lowest BCUT2D eigenvalue weighted by atomic mass is 10.1. The number of fused-ring (bicyclic) bond motifs is 3. The number of para-hydroxylation sites is 1. The largest absolute Gasteiger partial charge is 0.354 e. The van der Waals surface area contributed by atoms with Crippen molar-refractivity contribution in [3.63, 3.8) is 0 Å². The van der Waals surface area contributed by atoms with E-state index in [9.17, 15) is 0 Å². The van der Waals surface area contributed by atoms with Crippen LogP contribution in [0.2, 0.25) is 0 Å². The van der Waals surface area contributed by atoms with Gasteiger partial charge < -0.3 is 4.98 Å². The Hall–Kier alpha value is -1.03. The van der Waals surface area contributed by atoms with Gasteiger partial charge in [0.2, 0.25) is 0 Å². The molecule has 18 heavy (non-hydrogen) atoms. The van der Waals surface area contributed by atoms with E-state index in [0.717, 1.165) is 0 Å². The maximum Gasteiger partial charge on any atom is 0.0600 e. The van der Waals surface area contributed by atoms with E-state index in [1.165, 1.54) is 50.2 Å². The van der Waals surface area contributed by atoms with Gasteiger partial charge in [-0.3, -0.25) is 0 Å². The normalized spacial score (nSPS) is 11.4. The molecular weight excluding hydrogens is 333 g/mol. The molecule has 0 amide bonds. The van der Waals surface area contributed by atoms with Crippen LogP contribution in [0, 0.1) is 3.57 Å². The number of rotatable bonds is 3. The second-order valence-electron chi connectivity index (χ2n) is 4.77. The molecular formula is C16H16IN. The third kappa shape index (κ3) is 2.03. The highest BCUT2D eigenvalue weighted by atomic mass is 127. The summed E-state index contributed by atoms with van der Waals surface area (Å²) >= 11 is 2.39. The molecule has 3 aromatic rings. The Balaban J connectivity index is 2.20. The van der Waals surface area contributed by atoms with E-state index in [-0.39, 0.29) is 0 Å². The van der Waals surface area contributed by atoms with Crippen molar-refractivity contribution >= 4 is 44.4 Å². The number of halogens is 1. The fraction of sp³-hybridized carbons (Fsp3) is 0.250. The van der Waals surface area contributed by atoms with Crippen LogP contribution in [0.1, 0.15) is 25.3 Å². The van der Waals surface area contributed by atoms with Gasteiger partial charge in [0.25, 0.3) is 0 Å². The smallest absolute Gasteiger partial charge is 0.0600 e. The molecule has 1 N–H and O–H groups in total. The van der Waals surface area contributed by atoms with Gasteiger partial charge in [-0.2, -0.15) is 0 Å². The molecule has 0 spiro atoms. The Labute approximate surface area is 121 Å². The van der Waals surface area contributed by atoms with Crippen LogP contribution in [0.25, 0.3) is 21.8 Å². The summed E-state index contributed by atoms with van der Waals surface area (Å²) in [6.45, 7) is 2.24. The van der Waals surface area contributed by atoms with Crippen LogP contribution < -0.4 is 0 Å². The van der Waals surface area contributed by atoms with E-state index in [1.807, 2.05) is 0 Å². The molecule has 1 nitrogen and oxygen atoms in total. The van der Waals surface area contributed by atoms with Crippen molar-refractivity contribution in [3.05, 3.63) is 45.5 Å². The molecule has 0 bridgehead atoms. The molecule has 0 aliphatic carbocycles. The minimum absolute atomic E-state index is 1.18. The van der Waals surface area contributed by atoms with Crippen molar-refractivity contribution in [3.8, 4) is 0 Å². The molecule has 0 fully saturated rings. The topological polar surface area (TPSA) is 15.8 Å². The minimum atomic E-state index is 1.18. The summed E-state index contributed by atoms with van der Waals surface area (Å²) in [7, 11) is 0. The quantitative estimate of drug-likeness (QED) is 0.620. The Morgan fingerprint density at radius 1 is 1.11 bits per heavy atom. The van der Waals surface area contributed by atoms with Gasteiger partial charge in [0.15, 0.2) is 0 Å². The standard InChI is InChI=1S/C16H16IN/c1-2-3-5-11-8-9-15-13(10-11)12-6-4-7-14(17)16(12)18-15/h4,6-10,18H,2-3,5H2,1H3. The second kappa shape index (κ2) is 4.92. The number of hydrogen-bond acceptors (Lipinski definition) is 0. The van der Waals surface area contributed by atoms with Crippen molar-refractivity contribution in [2.75, 3.05) is 0 Å². The van der Waals surface area contributed by atoms with Gasteiger partial charge in [-0.05, 0) is 59.2 Å². The second-order valence-corrected chi connectivity index (χ2v) is 5.93. The molecule has 0 aliphatic rings. The monoisotopic (exact) mass is 349 g/mol. The highest BCUT2D eigenvalue weighted by Crippen LogP contribution is 2.29. The summed E-state index contributed by atoms with van der Waals surface area (Å²) in [4.78, 5) is 3.52. The molecule has 0 atom stereocenters. The molecule has 92 valence electrons. The third-order valence-corrected chi connectivity index (χ3v) is 4.37. The summed E-state index contributed by atoms with van der Waals surface area (Å²) in [5, 5.41) is 2.70. The Morgan fingerprint density at radius 3 is 2.83 bits per heavy atom. The summed E-state index contributed by atoms with van der Waals surface area (Å²) in [6, 6.07) is 13.3. The lowest BCUT2D eigenvalue weighted by Crippen LogP contribution is -1.83. The van der Waals surface area contributed by atoms with Crippen molar-refractivity contribution in [1.82, 2.24) is 4.98 Å². The van der Waals surface area contributed by atoms with Crippen LogP contribution in [-0.4, -0.2) is 4.98 Å². The fourth-order valence-corrected chi connectivity index (χ4v) is 3.10. The average molecular weight is 349 g/mol. The Morgan fingerprint density at radius 2 is 2.00 bits per heavy atom. The number of aryl methyl sites for hydroxylation is 1. The van der Waals surface area contributed by atoms with Gasteiger partial charge >= 0.3 is 0 Å². The fourth-order valence-electron chi connectivity index (χ4n) is 2.47. The highest BCUT2D eigenvalue weighted by Gasteiger charge is 2.06. The van der Waals surface area contributed by atoms with Crippen molar-refractivity contribution in [2.45, 2.75) is 26.2 Å². The first-order valence-corrected chi connectivity index (χ1v) is 7.56. The van der Waals surface area contributed by atoms with E-state index in [0.29, 0.717) is 0 Å². The maximum atomic E-state index is 3.52. The van der Waals surface area contributed by atoms with Crippen LogP contribution in [0.3, 0.4) is 0 Å². The third-order valence-electron chi connectivity index (χ3n) is 3.47. The van der Waals surface area contributed by atoms with E-state index in [2.05, 4.69) is 70.9 Å². The van der Waals surface area contributed by atoms with Gasteiger partial charge in [-0.1, -0.05) is 31.5 Å². The molecule has 2 heteroatoms. The molecule has 0 aliphatic heterocycles. The van der Waals surface area contributed by atoms with Gasteiger partial charge in [-0.15, -0.1) is 0 Å². The average Bonchev–Trinajstić information content (AvgIpc) is 2.76. The Bertz CT molecular complexity index is 697. The van der Waals surface area contributed by atoms with E-state index >= 15 is 0 Å². The first-order valence-electron chi connectivity index (χ1n) is 6.48. The first kappa shape index (κ1) is 12.0. The predicted molar refractivity (Wildman–Crippen MR) is 87.1 cm³/mol. The van der Waals surface area contributed by atoms with Crippen LogP contribution in [-0.2, 0) is 6.42 Å². The lowest BCUT2D eigenvalue weighted by Gasteiger charge is -2.00. The van der Waals surface area contributed by atoms with Crippen molar-refractivity contribution < 1.29 is 0 Å². The van der Waals surface area contributed by atoms with Crippen molar-refractivity contribution in [1.29, 1.82) is 0 Å². The zero-order valence-corrected chi connectivity index (χ0v) is 12.6. The number of hydrogen-bond donors (Lipinski definition) is 1. The van der Waals surface area contributed by atoms with Crippen LogP contribution in [0.5, 0.6) is 0 Å². The van der Waals surface area contributed by atoms with Gasteiger partial charge in [0.05, 0.1) is 5.52 Å². The number of H-pyrrole nitrogens is 1. The SMILES string of the molecule is CCCCc1ccc2[nH]c3c(I)cccc3c2c1. The highest BCUT2D eigenvalue weighted by molar-refractivity contribution is 14.1.